The number of carbonyl (C=O) groups is 1. The molecule has 2 heterocycles. The number of halogens is 1. The molecule has 0 aliphatic carbocycles. The molecule has 0 bridgehead atoms. The maximum absolute atomic E-state index is 13.0. The van der Waals surface area contributed by atoms with Crippen LogP contribution in [0, 0.1) is 10.1 Å². The third-order valence-corrected chi connectivity index (χ3v) is 5.84. The van der Waals surface area contributed by atoms with Crippen molar-refractivity contribution < 1.29 is 24.0 Å². The zero-order valence-electron chi connectivity index (χ0n) is 18.3. The fourth-order valence-corrected chi connectivity index (χ4v) is 4.12. The van der Waals surface area contributed by atoms with Crippen LogP contribution < -0.4 is 15.5 Å². The number of benzene rings is 2. The Labute approximate surface area is 210 Å². The van der Waals surface area contributed by atoms with Crippen LogP contribution in [-0.4, -0.2) is 47.4 Å². The van der Waals surface area contributed by atoms with E-state index in [4.69, 9.17) is 33.0 Å². The largest absolute Gasteiger partial charge is 0.459 e. The summed E-state index contributed by atoms with van der Waals surface area (Å²) in [5, 5.41) is 26.3. The van der Waals surface area contributed by atoms with Crippen LogP contribution >= 0.6 is 23.8 Å². The average Bonchev–Trinajstić information content (AvgIpc) is 3.33. The Bertz CT molecular complexity index is 1270. The van der Waals surface area contributed by atoms with Gasteiger partial charge >= 0.3 is 0 Å². The number of aliphatic hydroxyl groups excluding tert-OH is 1. The van der Waals surface area contributed by atoms with Gasteiger partial charge in [0.25, 0.3) is 11.6 Å². The van der Waals surface area contributed by atoms with Crippen molar-refractivity contribution in [1.82, 2.24) is 5.32 Å². The number of nitrogens with zero attached hydrogens (tertiary/aromatic N) is 2. The van der Waals surface area contributed by atoms with Crippen molar-refractivity contribution in [2.75, 3.05) is 36.5 Å². The molecule has 0 radical (unpaired) electrons. The number of hydrogen-bond donors (Lipinski definition) is 3. The molecule has 182 valence electrons. The van der Waals surface area contributed by atoms with Crippen LogP contribution in [-0.2, 0) is 11.3 Å². The lowest BCUT2D eigenvalue weighted by Gasteiger charge is -2.30. The number of nitro groups is 1. The summed E-state index contributed by atoms with van der Waals surface area (Å²) in [6, 6.07) is 12.5. The zero-order chi connectivity index (χ0) is 24.9. The molecular weight excluding hydrogens is 496 g/mol. The van der Waals surface area contributed by atoms with Gasteiger partial charge < -0.3 is 24.5 Å². The first-order chi connectivity index (χ1) is 16.9. The van der Waals surface area contributed by atoms with Crippen LogP contribution in [0.4, 0.5) is 17.1 Å². The summed E-state index contributed by atoms with van der Waals surface area (Å²) in [7, 11) is 0. The molecule has 1 aromatic heterocycles. The third-order valence-electron chi connectivity index (χ3n) is 5.32. The number of amides is 1. The van der Waals surface area contributed by atoms with Gasteiger partial charge in [-0.05, 0) is 48.6 Å². The summed E-state index contributed by atoms with van der Waals surface area (Å²) >= 11 is 11.7. The molecule has 10 nitrogen and oxygen atoms in total. The van der Waals surface area contributed by atoms with Gasteiger partial charge in [-0.2, -0.15) is 0 Å². The van der Waals surface area contributed by atoms with E-state index in [9.17, 15) is 20.0 Å². The Morgan fingerprint density at radius 2 is 1.94 bits per heavy atom. The van der Waals surface area contributed by atoms with Crippen LogP contribution in [0.3, 0.4) is 0 Å². The molecule has 3 N–H and O–H groups in total. The average molecular weight is 517 g/mol. The maximum Gasteiger partial charge on any atom is 0.270 e. The molecule has 1 aliphatic rings. The number of anilines is 2. The summed E-state index contributed by atoms with van der Waals surface area (Å²) in [5.41, 5.74) is 1.64. The first kappa shape index (κ1) is 24.6. The van der Waals surface area contributed by atoms with Crippen LogP contribution in [0.25, 0.3) is 11.3 Å². The van der Waals surface area contributed by atoms with E-state index in [-0.39, 0.29) is 23.0 Å². The number of aliphatic hydroxyl groups is 1. The molecule has 0 spiro atoms. The van der Waals surface area contributed by atoms with E-state index in [1.807, 2.05) is 4.90 Å². The fourth-order valence-electron chi connectivity index (χ4n) is 3.63. The predicted octanol–water partition coefficient (Wildman–Crippen LogP) is 3.96. The van der Waals surface area contributed by atoms with Crippen molar-refractivity contribution in [3.8, 4) is 11.3 Å². The van der Waals surface area contributed by atoms with Gasteiger partial charge in [-0.1, -0.05) is 11.6 Å². The molecule has 2 aromatic carbocycles. The quantitative estimate of drug-likeness (QED) is 0.253. The molecule has 0 unspecified atom stereocenters. The van der Waals surface area contributed by atoms with E-state index >= 15 is 0 Å². The Balaban J connectivity index is 1.49. The summed E-state index contributed by atoms with van der Waals surface area (Å²) < 4.78 is 10.9. The van der Waals surface area contributed by atoms with E-state index in [1.165, 1.54) is 12.1 Å². The predicted molar refractivity (Wildman–Crippen MR) is 135 cm³/mol. The number of rotatable bonds is 6. The molecule has 1 fully saturated rings. The molecular formula is C23H21ClN4O6S. The molecule has 3 aromatic rings. The van der Waals surface area contributed by atoms with Crippen LogP contribution in [0.15, 0.2) is 52.9 Å². The van der Waals surface area contributed by atoms with E-state index < -0.39 is 10.8 Å². The summed E-state index contributed by atoms with van der Waals surface area (Å²) in [6.07, 6.45) is 0. The molecule has 1 saturated heterocycles. The molecule has 35 heavy (non-hydrogen) atoms. The van der Waals surface area contributed by atoms with Gasteiger partial charge in [0.05, 0.1) is 34.4 Å². The van der Waals surface area contributed by atoms with E-state index in [0.717, 1.165) is 0 Å². The smallest absolute Gasteiger partial charge is 0.270 e. The minimum absolute atomic E-state index is 0.00110. The van der Waals surface area contributed by atoms with Gasteiger partial charge in [0.1, 0.15) is 18.1 Å². The summed E-state index contributed by atoms with van der Waals surface area (Å²) in [5.74, 6) is 0.338. The number of carbonyl (C=O) groups excluding carboxylic acids is 1. The van der Waals surface area contributed by atoms with Gasteiger partial charge in [0.2, 0.25) is 0 Å². The summed E-state index contributed by atoms with van der Waals surface area (Å²) in [4.78, 5) is 25.7. The Hall–Kier alpha value is -3.51. The van der Waals surface area contributed by atoms with Crippen molar-refractivity contribution in [1.29, 1.82) is 0 Å². The number of non-ortho nitro benzene ring substituents is 1. The lowest BCUT2D eigenvalue weighted by Crippen LogP contribution is -2.39. The molecule has 0 atom stereocenters. The van der Waals surface area contributed by atoms with Crippen LogP contribution in [0.2, 0.25) is 5.02 Å². The van der Waals surface area contributed by atoms with Crippen LogP contribution in [0.1, 0.15) is 16.1 Å². The second kappa shape index (κ2) is 10.8. The molecule has 1 aliphatic heterocycles. The van der Waals surface area contributed by atoms with Crippen molar-refractivity contribution in [3.05, 3.63) is 75.0 Å². The number of hydrogen-bond acceptors (Lipinski definition) is 8. The fraction of sp³-hybridized carbons (Fsp3) is 0.217. The van der Waals surface area contributed by atoms with Gasteiger partial charge in [0, 0.05) is 36.5 Å². The first-order valence-electron chi connectivity index (χ1n) is 10.6. The highest BCUT2D eigenvalue weighted by Gasteiger charge is 2.23. The van der Waals surface area contributed by atoms with Crippen molar-refractivity contribution >= 4 is 51.9 Å². The number of nitro benzene ring substituents is 1. The number of morpholine rings is 1. The molecule has 12 heteroatoms. The molecule has 1 amide bonds. The number of nitrogens with one attached hydrogen (secondary N) is 2. The molecule has 0 saturated carbocycles. The van der Waals surface area contributed by atoms with E-state index in [1.54, 1.807) is 36.4 Å². The van der Waals surface area contributed by atoms with Gasteiger partial charge in [0.15, 0.2) is 5.11 Å². The summed E-state index contributed by atoms with van der Waals surface area (Å²) in [6.45, 7) is 1.88. The van der Waals surface area contributed by atoms with Gasteiger partial charge in [-0.3, -0.25) is 20.2 Å². The van der Waals surface area contributed by atoms with E-state index in [0.29, 0.717) is 59.8 Å². The minimum atomic E-state index is -0.581. The second-order valence-electron chi connectivity index (χ2n) is 7.58. The van der Waals surface area contributed by atoms with Crippen molar-refractivity contribution in [2.45, 2.75) is 6.61 Å². The number of thiocarbonyl (C=S) groups is 1. The minimum Gasteiger partial charge on any atom is -0.459 e. The number of furan rings is 1. The standard InChI is InChI=1S/C23H21ClN4O6S/c24-19-11-14(1-4-17(19)21-6-3-16(13-29)34-21)25-23(35)26-22(30)18-12-15(28(31)32)2-5-20(18)27-7-9-33-10-8-27/h1-6,11-12,29H,7-10,13H2,(H2,25,26,30,35). The lowest BCUT2D eigenvalue weighted by atomic mass is 10.1. The number of ether oxygens (including phenoxy) is 1. The van der Waals surface area contributed by atoms with Crippen molar-refractivity contribution in [3.63, 3.8) is 0 Å². The Morgan fingerprint density at radius 1 is 1.17 bits per heavy atom. The molecule has 4 rings (SSSR count). The monoisotopic (exact) mass is 516 g/mol. The van der Waals surface area contributed by atoms with Crippen molar-refractivity contribution in [2.24, 2.45) is 0 Å². The normalized spacial score (nSPS) is 13.4. The zero-order valence-corrected chi connectivity index (χ0v) is 19.9. The third kappa shape index (κ3) is 5.77. The second-order valence-corrected chi connectivity index (χ2v) is 8.40. The Morgan fingerprint density at radius 3 is 2.60 bits per heavy atom. The highest BCUT2D eigenvalue weighted by molar-refractivity contribution is 7.80. The van der Waals surface area contributed by atoms with E-state index in [2.05, 4.69) is 10.6 Å². The SMILES string of the molecule is O=C(NC(=S)Nc1ccc(-c2ccc(CO)o2)c(Cl)c1)c1cc([N+](=O)[O-])ccc1N1CCOCC1. The lowest BCUT2D eigenvalue weighted by molar-refractivity contribution is -0.384. The van der Waals surface area contributed by atoms with Gasteiger partial charge in [-0.15, -0.1) is 0 Å². The van der Waals surface area contributed by atoms with Crippen LogP contribution in [0.5, 0.6) is 0 Å². The first-order valence-corrected chi connectivity index (χ1v) is 11.4. The maximum atomic E-state index is 13.0. The van der Waals surface area contributed by atoms with Gasteiger partial charge in [-0.25, -0.2) is 0 Å². The highest BCUT2D eigenvalue weighted by atomic mass is 35.5. The highest BCUT2D eigenvalue weighted by Crippen LogP contribution is 2.32. The Kier molecular flexibility index (Phi) is 7.61. The topological polar surface area (TPSA) is 130 Å².